The van der Waals surface area contributed by atoms with Crippen molar-refractivity contribution in [2.75, 3.05) is 26.7 Å². The standard InChI is InChI=1S/C26H37N5O4/c1-17-8-5-6-10-23(17)31-21(9-7-13-28-26(33)34-4)14-22(29-31)19(3)30(20-11-12-20)25(32)24-16-27-15-18(2)35-24/h5-6,8,10,14,18-20,24,27H,7,9,11-13,15-16H2,1-4H3,(H,28,33)/t18-,19-,24-/m1/s1. The normalized spacial score (nSPS) is 20.8. The van der Waals surface area contributed by atoms with Crippen LogP contribution in [0.15, 0.2) is 30.3 Å². The molecule has 190 valence electrons. The largest absolute Gasteiger partial charge is 0.453 e. The number of amides is 2. The van der Waals surface area contributed by atoms with Gasteiger partial charge < -0.3 is 25.0 Å². The number of carbonyl (C=O) groups excluding carboxylic acids is 2. The molecule has 3 atom stereocenters. The van der Waals surface area contributed by atoms with Crippen molar-refractivity contribution in [1.29, 1.82) is 0 Å². The number of benzene rings is 1. The van der Waals surface area contributed by atoms with Crippen LogP contribution in [-0.2, 0) is 20.7 Å². The van der Waals surface area contributed by atoms with Crippen LogP contribution in [0.5, 0.6) is 0 Å². The lowest BCUT2D eigenvalue weighted by atomic mass is 10.1. The number of hydrogen-bond donors (Lipinski definition) is 2. The van der Waals surface area contributed by atoms with E-state index >= 15 is 0 Å². The Morgan fingerprint density at radius 3 is 2.77 bits per heavy atom. The predicted octanol–water partition coefficient (Wildman–Crippen LogP) is 2.90. The molecule has 1 saturated heterocycles. The van der Waals surface area contributed by atoms with Crippen LogP contribution in [0.2, 0.25) is 0 Å². The molecule has 1 aliphatic heterocycles. The van der Waals surface area contributed by atoms with E-state index in [9.17, 15) is 9.59 Å². The van der Waals surface area contributed by atoms with Crippen molar-refractivity contribution in [3.8, 4) is 5.69 Å². The molecule has 2 aromatic rings. The lowest BCUT2D eigenvalue weighted by Crippen LogP contribution is -2.53. The minimum atomic E-state index is -0.468. The van der Waals surface area contributed by atoms with Gasteiger partial charge in [0.2, 0.25) is 0 Å². The fraction of sp³-hybridized carbons (Fsp3) is 0.577. The molecule has 2 fully saturated rings. The summed E-state index contributed by atoms with van der Waals surface area (Å²) in [6.07, 6.45) is 2.60. The van der Waals surface area contributed by atoms with Crippen molar-refractivity contribution in [3.63, 3.8) is 0 Å². The highest BCUT2D eigenvalue weighted by molar-refractivity contribution is 5.82. The fourth-order valence-corrected chi connectivity index (χ4v) is 4.65. The summed E-state index contributed by atoms with van der Waals surface area (Å²) >= 11 is 0. The molecule has 2 aliphatic rings. The van der Waals surface area contributed by atoms with Crippen molar-refractivity contribution in [2.24, 2.45) is 0 Å². The maximum atomic E-state index is 13.5. The molecule has 9 nitrogen and oxygen atoms in total. The van der Waals surface area contributed by atoms with Gasteiger partial charge in [-0.05, 0) is 64.2 Å². The van der Waals surface area contributed by atoms with Crippen LogP contribution in [0.4, 0.5) is 4.79 Å². The van der Waals surface area contributed by atoms with Crippen LogP contribution < -0.4 is 10.6 Å². The number of rotatable bonds is 9. The van der Waals surface area contributed by atoms with Gasteiger partial charge in [-0.1, -0.05) is 18.2 Å². The molecule has 9 heteroatoms. The summed E-state index contributed by atoms with van der Waals surface area (Å²) in [7, 11) is 1.36. The summed E-state index contributed by atoms with van der Waals surface area (Å²) in [5.74, 6) is 0.0355. The number of ether oxygens (including phenoxy) is 2. The Morgan fingerprint density at radius 1 is 1.31 bits per heavy atom. The molecular formula is C26H37N5O4. The molecule has 2 heterocycles. The number of nitrogens with zero attached hydrogens (tertiary/aromatic N) is 3. The first kappa shape index (κ1) is 25.2. The number of nitrogens with one attached hydrogen (secondary N) is 2. The third-order valence-corrected chi connectivity index (χ3v) is 6.68. The van der Waals surface area contributed by atoms with Crippen molar-refractivity contribution < 1.29 is 19.1 Å². The van der Waals surface area contributed by atoms with Crippen LogP contribution >= 0.6 is 0 Å². The molecule has 35 heavy (non-hydrogen) atoms. The summed E-state index contributed by atoms with van der Waals surface area (Å²) in [4.78, 5) is 26.9. The first-order chi connectivity index (χ1) is 16.9. The Bertz CT molecular complexity index is 1030. The van der Waals surface area contributed by atoms with Gasteiger partial charge in [0.15, 0.2) is 0 Å². The maximum Gasteiger partial charge on any atom is 0.406 e. The molecule has 1 saturated carbocycles. The summed E-state index contributed by atoms with van der Waals surface area (Å²) in [5, 5.41) is 11.0. The Balaban J connectivity index is 1.58. The summed E-state index contributed by atoms with van der Waals surface area (Å²) in [6.45, 7) is 7.92. The van der Waals surface area contributed by atoms with Crippen LogP contribution in [0.3, 0.4) is 0 Å². The number of para-hydroxylation sites is 1. The summed E-state index contributed by atoms with van der Waals surface area (Å²) in [6, 6.07) is 10.3. The molecule has 0 bridgehead atoms. The third-order valence-electron chi connectivity index (χ3n) is 6.68. The second-order valence-corrected chi connectivity index (χ2v) is 9.53. The molecule has 1 aromatic carbocycles. The van der Waals surface area contributed by atoms with Gasteiger partial charge >= 0.3 is 6.09 Å². The van der Waals surface area contributed by atoms with Crippen molar-refractivity contribution in [3.05, 3.63) is 47.3 Å². The SMILES string of the molecule is COC(=O)NCCCc1cc([C@@H](C)N(C(=O)[C@H]2CNC[C@@H](C)O2)C2CC2)nn1-c1ccccc1C. The molecule has 0 radical (unpaired) electrons. The highest BCUT2D eigenvalue weighted by Gasteiger charge is 2.41. The van der Waals surface area contributed by atoms with Gasteiger partial charge in [-0.2, -0.15) is 5.10 Å². The van der Waals surface area contributed by atoms with E-state index in [1.165, 1.54) is 7.11 Å². The Morgan fingerprint density at radius 2 is 2.09 bits per heavy atom. The van der Waals surface area contributed by atoms with Gasteiger partial charge in [-0.25, -0.2) is 9.48 Å². The third kappa shape index (κ3) is 6.02. The molecule has 1 aliphatic carbocycles. The topological polar surface area (TPSA) is 97.7 Å². The van der Waals surface area contributed by atoms with Crippen LogP contribution in [0.1, 0.15) is 56.1 Å². The molecule has 0 unspecified atom stereocenters. The van der Waals surface area contributed by atoms with Gasteiger partial charge in [0.1, 0.15) is 6.10 Å². The zero-order valence-corrected chi connectivity index (χ0v) is 21.1. The zero-order chi connectivity index (χ0) is 24.9. The number of methoxy groups -OCH3 is 1. The van der Waals surface area contributed by atoms with Crippen molar-refractivity contribution in [2.45, 2.75) is 70.7 Å². The van der Waals surface area contributed by atoms with Crippen LogP contribution in [0, 0.1) is 6.92 Å². The van der Waals surface area contributed by atoms with Crippen molar-refractivity contribution in [1.82, 2.24) is 25.3 Å². The van der Waals surface area contributed by atoms with Crippen LogP contribution in [-0.4, -0.2) is 71.7 Å². The number of aryl methyl sites for hydroxylation is 2. The summed E-state index contributed by atoms with van der Waals surface area (Å²) in [5.41, 5.74) is 4.04. The van der Waals surface area contributed by atoms with E-state index in [1.54, 1.807) is 0 Å². The number of hydrogen-bond acceptors (Lipinski definition) is 6. The fourth-order valence-electron chi connectivity index (χ4n) is 4.65. The lowest BCUT2D eigenvalue weighted by molar-refractivity contribution is -0.152. The number of morpholine rings is 1. The highest BCUT2D eigenvalue weighted by Crippen LogP contribution is 2.35. The number of aromatic nitrogens is 2. The van der Waals surface area contributed by atoms with Gasteiger partial charge in [0.25, 0.3) is 5.91 Å². The zero-order valence-electron chi connectivity index (χ0n) is 21.1. The summed E-state index contributed by atoms with van der Waals surface area (Å²) < 4.78 is 12.6. The number of carbonyl (C=O) groups is 2. The Hall–Kier alpha value is -2.91. The van der Waals surface area contributed by atoms with E-state index in [1.807, 2.05) is 28.6 Å². The highest BCUT2D eigenvalue weighted by atomic mass is 16.5. The quantitative estimate of drug-likeness (QED) is 0.533. The number of alkyl carbamates (subject to hydrolysis) is 1. The van der Waals surface area contributed by atoms with Gasteiger partial charge in [0.05, 0.1) is 30.6 Å². The lowest BCUT2D eigenvalue weighted by Gasteiger charge is -2.35. The average Bonchev–Trinajstić information content (AvgIpc) is 3.60. The van der Waals surface area contributed by atoms with E-state index in [4.69, 9.17) is 9.84 Å². The van der Waals surface area contributed by atoms with E-state index in [0.29, 0.717) is 13.1 Å². The second-order valence-electron chi connectivity index (χ2n) is 9.53. The van der Waals surface area contributed by atoms with Gasteiger partial charge in [-0.3, -0.25) is 4.79 Å². The van der Waals surface area contributed by atoms with Crippen LogP contribution in [0.25, 0.3) is 5.69 Å². The maximum absolute atomic E-state index is 13.5. The average molecular weight is 484 g/mol. The van der Waals surface area contributed by atoms with E-state index < -0.39 is 12.2 Å². The molecule has 2 N–H and O–H groups in total. The molecule has 0 spiro atoms. The smallest absolute Gasteiger partial charge is 0.406 e. The van der Waals surface area contributed by atoms with Gasteiger partial charge in [-0.15, -0.1) is 0 Å². The molecule has 4 rings (SSSR count). The second kappa shape index (κ2) is 11.2. The van der Waals surface area contributed by atoms with E-state index in [2.05, 4.69) is 47.4 Å². The molecule has 2 amide bonds. The molecule has 1 aromatic heterocycles. The first-order valence-electron chi connectivity index (χ1n) is 12.5. The minimum Gasteiger partial charge on any atom is -0.453 e. The Labute approximate surface area is 207 Å². The molecular weight excluding hydrogens is 446 g/mol. The monoisotopic (exact) mass is 483 g/mol. The Kier molecular flexibility index (Phi) is 8.07. The van der Waals surface area contributed by atoms with Crippen molar-refractivity contribution >= 4 is 12.0 Å². The predicted molar refractivity (Wildman–Crippen MR) is 133 cm³/mol. The van der Waals surface area contributed by atoms with E-state index in [-0.39, 0.29) is 24.1 Å². The van der Waals surface area contributed by atoms with Gasteiger partial charge in [0, 0.05) is 31.4 Å². The minimum absolute atomic E-state index is 0.0134. The van der Waals surface area contributed by atoms with E-state index in [0.717, 1.165) is 54.9 Å². The first-order valence-corrected chi connectivity index (χ1v) is 12.5.